The standard InChI is InChI=1S/C17H16N2O3S/c1-9-4-6-12(7-5-9)13-11(3)23-15-14(13)16(20)19(8-18-15)10(2)17(21)22/h4-8,10H,1-3H3,(H,21,22)/p-1/t10-/m1/s1. The number of hydrogen-bond acceptors (Lipinski definition) is 5. The van der Waals surface area contributed by atoms with Crippen LogP contribution in [0, 0.1) is 13.8 Å². The molecule has 1 atom stereocenters. The van der Waals surface area contributed by atoms with Gasteiger partial charge in [-0.3, -0.25) is 9.36 Å². The van der Waals surface area contributed by atoms with Crippen LogP contribution in [0.3, 0.4) is 0 Å². The average Bonchev–Trinajstić information content (AvgIpc) is 2.85. The van der Waals surface area contributed by atoms with Crippen LogP contribution in [0.15, 0.2) is 35.4 Å². The molecule has 0 aliphatic carbocycles. The number of hydrogen-bond donors (Lipinski definition) is 0. The van der Waals surface area contributed by atoms with Crippen LogP contribution < -0.4 is 10.7 Å². The minimum atomic E-state index is -1.31. The van der Waals surface area contributed by atoms with E-state index in [-0.39, 0.29) is 5.56 Å². The normalized spacial score (nSPS) is 12.5. The number of thiophene rings is 1. The molecule has 0 saturated carbocycles. The summed E-state index contributed by atoms with van der Waals surface area (Å²) in [5, 5.41) is 11.6. The van der Waals surface area contributed by atoms with E-state index in [2.05, 4.69) is 4.98 Å². The Labute approximate surface area is 136 Å². The molecule has 0 N–H and O–H groups in total. The highest BCUT2D eigenvalue weighted by Crippen LogP contribution is 2.35. The molecule has 0 fully saturated rings. The number of aromatic nitrogens is 2. The highest BCUT2D eigenvalue weighted by molar-refractivity contribution is 7.19. The van der Waals surface area contributed by atoms with Gasteiger partial charge in [0.1, 0.15) is 4.83 Å². The van der Waals surface area contributed by atoms with Crippen molar-refractivity contribution in [2.45, 2.75) is 26.8 Å². The molecular weight excluding hydrogens is 312 g/mol. The van der Waals surface area contributed by atoms with Gasteiger partial charge in [0.05, 0.1) is 23.7 Å². The molecule has 0 aliphatic heterocycles. The number of carboxylic acid groups (broad SMARTS) is 1. The van der Waals surface area contributed by atoms with Gasteiger partial charge in [0.15, 0.2) is 0 Å². The molecule has 118 valence electrons. The Morgan fingerprint density at radius 1 is 1.26 bits per heavy atom. The summed E-state index contributed by atoms with van der Waals surface area (Å²) < 4.78 is 1.11. The third-order valence-electron chi connectivity index (χ3n) is 3.91. The molecule has 1 aromatic carbocycles. The lowest BCUT2D eigenvalue weighted by Crippen LogP contribution is -2.36. The summed E-state index contributed by atoms with van der Waals surface area (Å²) in [5.41, 5.74) is 2.53. The summed E-state index contributed by atoms with van der Waals surface area (Å²) in [6.45, 7) is 5.35. The van der Waals surface area contributed by atoms with Gasteiger partial charge in [-0.15, -0.1) is 11.3 Å². The Hall–Kier alpha value is -2.47. The fraction of sp³-hybridized carbons (Fsp3) is 0.235. The summed E-state index contributed by atoms with van der Waals surface area (Å²) >= 11 is 1.43. The van der Waals surface area contributed by atoms with Crippen LogP contribution in [-0.4, -0.2) is 15.5 Å². The third kappa shape index (κ3) is 2.55. The van der Waals surface area contributed by atoms with Crippen molar-refractivity contribution in [1.82, 2.24) is 9.55 Å². The van der Waals surface area contributed by atoms with Crippen LogP contribution in [-0.2, 0) is 4.79 Å². The fourth-order valence-electron chi connectivity index (χ4n) is 2.57. The number of carboxylic acids is 1. The second-order valence-electron chi connectivity index (χ2n) is 5.53. The molecule has 2 heterocycles. The van der Waals surface area contributed by atoms with Gasteiger partial charge < -0.3 is 9.90 Å². The molecule has 0 radical (unpaired) electrons. The maximum atomic E-state index is 12.8. The SMILES string of the molecule is Cc1ccc(-c2c(C)sc3ncn([C@H](C)C(=O)[O-])c(=O)c23)cc1. The summed E-state index contributed by atoms with van der Waals surface area (Å²) in [6, 6.07) is 6.82. The van der Waals surface area contributed by atoms with Crippen LogP contribution in [0.1, 0.15) is 23.4 Å². The zero-order valence-electron chi connectivity index (χ0n) is 13.0. The summed E-state index contributed by atoms with van der Waals surface area (Å²) in [4.78, 5) is 29.7. The summed E-state index contributed by atoms with van der Waals surface area (Å²) in [6.07, 6.45) is 1.28. The molecule has 2 aromatic heterocycles. The lowest BCUT2D eigenvalue weighted by molar-refractivity contribution is -0.309. The predicted molar refractivity (Wildman–Crippen MR) is 88.5 cm³/mol. The van der Waals surface area contributed by atoms with E-state index in [1.807, 2.05) is 38.1 Å². The van der Waals surface area contributed by atoms with Crippen molar-refractivity contribution in [3.8, 4) is 11.1 Å². The number of carbonyl (C=O) groups excluding carboxylic acids is 1. The second-order valence-corrected chi connectivity index (χ2v) is 6.73. The van der Waals surface area contributed by atoms with Crippen LogP contribution in [0.2, 0.25) is 0 Å². The molecule has 0 amide bonds. The molecule has 23 heavy (non-hydrogen) atoms. The lowest BCUT2D eigenvalue weighted by atomic mass is 10.0. The first kappa shape index (κ1) is 15.4. The topological polar surface area (TPSA) is 75.0 Å². The van der Waals surface area contributed by atoms with E-state index in [1.165, 1.54) is 24.6 Å². The lowest BCUT2D eigenvalue weighted by Gasteiger charge is -2.15. The van der Waals surface area contributed by atoms with Crippen LogP contribution >= 0.6 is 11.3 Å². The number of aryl methyl sites for hydroxylation is 2. The van der Waals surface area contributed by atoms with E-state index in [9.17, 15) is 14.7 Å². The summed E-state index contributed by atoms with van der Waals surface area (Å²) in [5.74, 6) is -1.31. The van der Waals surface area contributed by atoms with Crippen LogP contribution in [0.5, 0.6) is 0 Å². The van der Waals surface area contributed by atoms with Gasteiger partial charge in [0, 0.05) is 10.4 Å². The molecule has 6 heteroatoms. The first-order chi connectivity index (χ1) is 10.9. The molecule has 5 nitrogen and oxygen atoms in total. The maximum Gasteiger partial charge on any atom is 0.263 e. The van der Waals surface area contributed by atoms with E-state index >= 15 is 0 Å². The van der Waals surface area contributed by atoms with E-state index in [1.54, 1.807) is 0 Å². The van der Waals surface area contributed by atoms with Crippen molar-refractivity contribution in [3.63, 3.8) is 0 Å². The van der Waals surface area contributed by atoms with Gasteiger partial charge in [-0.1, -0.05) is 29.8 Å². The number of aliphatic carboxylic acids is 1. The quantitative estimate of drug-likeness (QED) is 0.738. The molecule has 3 aromatic rings. The number of benzene rings is 1. The zero-order chi connectivity index (χ0) is 16.7. The van der Waals surface area contributed by atoms with Gasteiger partial charge in [-0.05, 0) is 26.3 Å². The first-order valence-electron chi connectivity index (χ1n) is 7.18. The number of fused-ring (bicyclic) bond motifs is 1. The van der Waals surface area contributed by atoms with Crippen molar-refractivity contribution < 1.29 is 9.90 Å². The van der Waals surface area contributed by atoms with E-state index in [0.29, 0.717) is 10.2 Å². The van der Waals surface area contributed by atoms with Gasteiger partial charge >= 0.3 is 0 Å². The largest absolute Gasteiger partial charge is 0.548 e. The smallest absolute Gasteiger partial charge is 0.263 e. The Kier molecular flexibility index (Phi) is 3.77. The Balaban J connectivity index is 2.32. The number of nitrogens with zero attached hydrogens (tertiary/aromatic N) is 2. The molecule has 0 aliphatic rings. The highest BCUT2D eigenvalue weighted by Gasteiger charge is 2.18. The minimum absolute atomic E-state index is 0.355. The minimum Gasteiger partial charge on any atom is -0.548 e. The van der Waals surface area contributed by atoms with E-state index in [4.69, 9.17) is 0 Å². The van der Waals surface area contributed by atoms with Crippen LogP contribution in [0.25, 0.3) is 21.3 Å². The first-order valence-corrected chi connectivity index (χ1v) is 8.00. The summed E-state index contributed by atoms with van der Waals surface area (Å²) in [7, 11) is 0. The van der Waals surface area contributed by atoms with Crippen molar-refractivity contribution in [1.29, 1.82) is 0 Å². The molecule has 0 spiro atoms. The van der Waals surface area contributed by atoms with E-state index < -0.39 is 12.0 Å². The molecular formula is C17H15N2O3S-. The molecule has 0 unspecified atom stereocenters. The highest BCUT2D eigenvalue weighted by atomic mass is 32.1. The number of rotatable bonds is 3. The third-order valence-corrected chi connectivity index (χ3v) is 4.93. The van der Waals surface area contributed by atoms with Crippen molar-refractivity contribution in [2.75, 3.05) is 0 Å². The molecule has 3 rings (SSSR count). The maximum absolute atomic E-state index is 12.8. The number of carbonyl (C=O) groups is 1. The van der Waals surface area contributed by atoms with Gasteiger partial charge in [0.25, 0.3) is 5.56 Å². The van der Waals surface area contributed by atoms with Crippen molar-refractivity contribution in [2.24, 2.45) is 0 Å². The van der Waals surface area contributed by atoms with E-state index in [0.717, 1.165) is 26.1 Å². The fourth-order valence-corrected chi connectivity index (χ4v) is 3.58. The molecule has 0 bridgehead atoms. The monoisotopic (exact) mass is 327 g/mol. The zero-order valence-corrected chi connectivity index (χ0v) is 13.8. The van der Waals surface area contributed by atoms with Crippen molar-refractivity contribution >= 4 is 27.5 Å². The Bertz CT molecular complexity index is 954. The molecule has 0 saturated heterocycles. The van der Waals surface area contributed by atoms with Gasteiger partial charge in [-0.25, -0.2) is 4.98 Å². The Morgan fingerprint density at radius 2 is 1.91 bits per heavy atom. The van der Waals surface area contributed by atoms with Gasteiger partial charge in [0.2, 0.25) is 0 Å². The average molecular weight is 327 g/mol. The van der Waals surface area contributed by atoms with Crippen molar-refractivity contribution in [3.05, 3.63) is 51.4 Å². The predicted octanol–water partition coefficient (Wildman–Crippen LogP) is 2.05. The Morgan fingerprint density at radius 3 is 2.52 bits per heavy atom. The van der Waals surface area contributed by atoms with Gasteiger partial charge in [-0.2, -0.15) is 0 Å². The van der Waals surface area contributed by atoms with Crippen LogP contribution in [0.4, 0.5) is 0 Å². The second kappa shape index (κ2) is 5.62.